The molecule has 1 N–H and O–H groups in total. The van der Waals surface area contributed by atoms with Crippen LogP contribution in [-0.2, 0) is 0 Å². The Bertz CT molecular complexity index is 600. The van der Waals surface area contributed by atoms with Gasteiger partial charge in [0.05, 0.1) is 10.7 Å². The summed E-state index contributed by atoms with van der Waals surface area (Å²) in [6.07, 6.45) is 1.50. The van der Waals surface area contributed by atoms with Gasteiger partial charge >= 0.3 is 6.03 Å². The number of rotatable bonds is 3. The van der Waals surface area contributed by atoms with Crippen LogP contribution in [0.25, 0.3) is 0 Å². The number of para-hydroxylation sites is 2. The number of hydrogen-bond acceptors (Lipinski definition) is 3. The number of nitrogens with zero attached hydrogens (tertiary/aromatic N) is 2. The number of benzene rings is 1. The molecule has 0 aliphatic carbocycles. The van der Waals surface area contributed by atoms with Crippen molar-refractivity contribution in [1.29, 1.82) is 0 Å². The van der Waals surface area contributed by atoms with Crippen LogP contribution in [0.15, 0.2) is 42.6 Å². The van der Waals surface area contributed by atoms with Crippen molar-refractivity contribution < 1.29 is 9.53 Å². The molecule has 0 saturated heterocycles. The maximum absolute atomic E-state index is 11.7. The summed E-state index contributed by atoms with van der Waals surface area (Å²) in [7, 11) is 3.33. The van der Waals surface area contributed by atoms with Crippen molar-refractivity contribution in [2.75, 3.05) is 19.4 Å². The van der Waals surface area contributed by atoms with Gasteiger partial charge in [-0.1, -0.05) is 23.7 Å². The Kier molecular flexibility index (Phi) is 4.42. The van der Waals surface area contributed by atoms with Crippen molar-refractivity contribution in [3.05, 3.63) is 47.6 Å². The minimum absolute atomic E-state index is 0.231. The number of urea groups is 1. The van der Waals surface area contributed by atoms with Crippen LogP contribution in [0.3, 0.4) is 0 Å². The van der Waals surface area contributed by atoms with Crippen molar-refractivity contribution in [1.82, 2.24) is 9.88 Å². The largest absolute Gasteiger partial charge is 0.437 e. The Hall–Kier alpha value is -2.27. The van der Waals surface area contributed by atoms with Gasteiger partial charge < -0.3 is 15.0 Å². The zero-order valence-corrected chi connectivity index (χ0v) is 11.9. The SMILES string of the molecule is CN(C)C(=O)Nc1ccccc1Oc1ccc(Cl)cn1. The molecule has 0 bridgehead atoms. The van der Waals surface area contributed by atoms with Crippen LogP contribution in [0.1, 0.15) is 0 Å². The summed E-state index contributed by atoms with van der Waals surface area (Å²) >= 11 is 5.77. The molecule has 2 aromatic rings. The summed E-state index contributed by atoms with van der Waals surface area (Å²) in [5.74, 6) is 0.915. The van der Waals surface area contributed by atoms with E-state index >= 15 is 0 Å². The predicted octanol–water partition coefficient (Wildman–Crippen LogP) is 3.62. The number of aromatic nitrogens is 1. The van der Waals surface area contributed by atoms with Gasteiger partial charge in [-0.3, -0.25) is 0 Å². The Labute approximate surface area is 122 Å². The molecule has 1 aromatic carbocycles. The Balaban J connectivity index is 2.19. The molecule has 0 fully saturated rings. The molecule has 0 aliphatic rings. The third kappa shape index (κ3) is 3.61. The van der Waals surface area contributed by atoms with Crippen LogP contribution in [0.4, 0.5) is 10.5 Å². The van der Waals surface area contributed by atoms with Crippen LogP contribution in [0.5, 0.6) is 11.6 Å². The molecule has 2 rings (SSSR count). The van der Waals surface area contributed by atoms with E-state index in [1.807, 2.05) is 12.1 Å². The standard InChI is InChI=1S/C14H14ClN3O2/c1-18(2)14(19)17-11-5-3-4-6-12(11)20-13-8-7-10(15)9-16-13/h3-9H,1-2H3,(H,17,19). The van der Waals surface area contributed by atoms with E-state index in [0.717, 1.165) is 0 Å². The monoisotopic (exact) mass is 291 g/mol. The van der Waals surface area contributed by atoms with Gasteiger partial charge in [-0.2, -0.15) is 0 Å². The quantitative estimate of drug-likeness (QED) is 0.939. The van der Waals surface area contributed by atoms with Gasteiger partial charge in [-0.15, -0.1) is 0 Å². The highest BCUT2D eigenvalue weighted by molar-refractivity contribution is 6.30. The van der Waals surface area contributed by atoms with Crippen molar-refractivity contribution in [2.45, 2.75) is 0 Å². The second kappa shape index (κ2) is 6.25. The molecule has 6 heteroatoms. The first kappa shape index (κ1) is 14.1. The van der Waals surface area contributed by atoms with E-state index in [-0.39, 0.29) is 6.03 Å². The summed E-state index contributed by atoms with van der Waals surface area (Å²) in [5, 5.41) is 3.28. The molecule has 5 nitrogen and oxygen atoms in total. The third-order valence-electron chi connectivity index (χ3n) is 2.45. The van der Waals surface area contributed by atoms with Crippen LogP contribution in [0.2, 0.25) is 5.02 Å². The number of amides is 2. The number of nitrogens with one attached hydrogen (secondary N) is 1. The zero-order valence-electron chi connectivity index (χ0n) is 11.1. The van der Waals surface area contributed by atoms with E-state index < -0.39 is 0 Å². The minimum atomic E-state index is -0.231. The molecule has 0 atom stereocenters. The van der Waals surface area contributed by atoms with Gasteiger partial charge in [0.25, 0.3) is 0 Å². The van der Waals surface area contributed by atoms with Gasteiger partial charge in [0.1, 0.15) is 0 Å². The summed E-state index contributed by atoms with van der Waals surface area (Å²) in [5.41, 5.74) is 0.572. The number of hydrogen-bond donors (Lipinski definition) is 1. The first-order valence-corrected chi connectivity index (χ1v) is 6.31. The average molecular weight is 292 g/mol. The number of anilines is 1. The van der Waals surface area contributed by atoms with Gasteiger partial charge in [0.2, 0.25) is 5.88 Å². The fourth-order valence-corrected chi connectivity index (χ4v) is 1.53. The first-order valence-electron chi connectivity index (χ1n) is 5.93. The molecule has 1 aromatic heterocycles. The van der Waals surface area contributed by atoms with Crippen molar-refractivity contribution >= 4 is 23.3 Å². The third-order valence-corrected chi connectivity index (χ3v) is 2.67. The molecule has 0 saturated carbocycles. The molecule has 1 heterocycles. The van der Waals surface area contributed by atoms with E-state index in [2.05, 4.69) is 10.3 Å². The van der Waals surface area contributed by atoms with Crippen LogP contribution < -0.4 is 10.1 Å². The summed E-state index contributed by atoms with van der Waals surface area (Å²) in [6, 6.07) is 10.3. The van der Waals surface area contributed by atoms with Crippen molar-refractivity contribution in [2.24, 2.45) is 0 Å². The molecule has 2 amide bonds. The van der Waals surface area contributed by atoms with E-state index in [1.54, 1.807) is 38.4 Å². The minimum Gasteiger partial charge on any atom is -0.437 e. The number of carbonyl (C=O) groups excluding carboxylic acids is 1. The van der Waals surface area contributed by atoms with Crippen molar-refractivity contribution in [3.8, 4) is 11.6 Å². The average Bonchev–Trinajstić information content (AvgIpc) is 2.43. The highest BCUT2D eigenvalue weighted by atomic mass is 35.5. The highest BCUT2D eigenvalue weighted by Crippen LogP contribution is 2.28. The molecule has 0 unspecified atom stereocenters. The number of carbonyl (C=O) groups is 1. The van der Waals surface area contributed by atoms with Crippen LogP contribution >= 0.6 is 11.6 Å². The summed E-state index contributed by atoms with van der Waals surface area (Å²) < 4.78 is 5.64. The molecule has 0 spiro atoms. The number of pyridine rings is 1. The molecule has 104 valence electrons. The Morgan fingerprint density at radius 2 is 2.00 bits per heavy atom. The lowest BCUT2D eigenvalue weighted by atomic mass is 10.3. The maximum atomic E-state index is 11.7. The van der Waals surface area contributed by atoms with Gasteiger partial charge in [0.15, 0.2) is 5.75 Å². The van der Waals surface area contributed by atoms with Crippen LogP contribution in [0, 0.1) is 0 Å². The lowest BCUT2D eigenvalue weighted by Crippen LogP contribution is -2.27. The van der Waals surface area contributed by atoms with Gasteiger partial charge in [-0.05, 0) is 18.2 Å². The van der Waals surface area contributed by atoms with E-state index in [1.165, 1.54) is 11.1 Å². The topological polar surface area (TPSA) is 54.5 Å². The Morgan fingerprint density at radius 3 is 2.65 bits per heavy atom. The fourth-order valence-electron chi connectivity index (χ4n) is 1.42. The number of halogens is 1. The highest BCUT2D eigenvalue weighted by Gasteiger charge is 2.09. The second-order valence-electron chi connectivity index (χ2n) is 4.24. The first-order chi connectivity index (χ1) is 9.56. The van der Waals surface area contributed by atoms with E-state index in [0.29, 0.717) is 22.3 Å². The smallest absolute Gasteiger partial charge is 0.321 e. The fraction of sp³-hybridized carbons (Fsp3) is 0.143. The molecular formula is C14H14ClN3O2. The lowest BCUT2D eigenvalue weighted by Gasteiger charge is -2.15. The molecule has 20 heavy (non-hydrogen) atoms. The maximum Gasteiger partial charge on any atom is 0.321 e. The molecule has 0 radical (unpaired) electrons. The summed E-state index contributed by atoms with van der Waals surface area (Å²) in [6.45, 7) is 0. The lowest BCUT2D eigenvalue weighted by molar-refractivity contribution is 0.230. The summed E-state index contributed by atoms with van der Waals surface area (Å²) in [4.78, 5) is 17.2. The zero-order chi connectivity index (χ0) is 14.5. The normalized spacial score (nSPS) is 9.95. The molecular weight excluding hydrogens is 278 g/mol. The Morgan fingerprint density at radius 1 is 1.25 bits per heavy atom. The number of ether oxygens (including phenoxy) is 1. The molecule has 0 aliphatic heterocycles. The van der Waals surface area contributed by atoms with Gasteiger partial charge in [-0.25, -0.2) is 9.78 Å². The second-order valence-corrected chi connectivity index (χ2v) is 4.67. The predicted molar refractivity (Wildman–Crippen MR) is 78.5 cm³/mol. The van der Waals surface area contributed by atoms with E-state index in [4.69, 9.17) is 16.3 Å². The van der Waals surface area contributed by atoms with E-state index in [9.17, 15) is 4.79 Å². The van der Waals surface area contributed by atoms with Gasteiger partial charge in [0, 0.05) is 26.4 Å². The van der Waals surface area contributed by atoms with Crippen molar-refractivity contribution in [3.63, 3.8) is 0 Å². The van der Waals surface area contributed by atoms with Crippen LogP contribution in [-0.4, -0.2) is 30.0 Å².